The standard InChI is InChI=1S/C25H21Cl2N3O2/c1-17-2-11-22(27)23(14-17)32-16-19-3-7-20(8-4-19)25(31)28-24-12-13-30(29-24)15-18-5-9-21(26)10-6-18/h2-14H,15-16H2,1H3,(H,28,29,31). The van der Waals surface area contributed by atoms with Crippen molar-refractivity contribution in [3.63, 3.8) is 0 Å². The number of hydrogen-bond acceptors (Lipinski definition) is 3. The Balaban J connectivity index is 1.33. The molecule has 1 heterocycles. The van der Waals surface area contributed by atoms with E-state index in [1.165, 1.54) is 0 Å². The molecule has 1 N–H and O–H groups in total. The number of carbonyl (C=O) groups excluding carboxylic acids is 1. The van der Waals surface area contributed by atoms with Crippen molar-refractivity contribution in [3.05, 3.63) is 111 Å². The van der Waals surface area contributed by atoms with Gasteiger partial charge in [-0.25, -0.2) is 0 Å². The predicted octanol–water partition coefficient (Wildman–Crippen LogP) is 6.38. The molecule has 4 aromatic rings. The zero-order chi connectivity index (χ0) is 22.5. The largest absolute Gasteiger partial charge is 0.487 e. The summed E-state index contributed by atoms with van der Waals surface area (Å²) in [5.41, 5.74) is 3.62. The van der Waals surface area contributed by atoms with E-state index in [0.717, 1.165) is 16.7 Å². The van der Waals surface area contributed by atoms with Gasteiger partial charge in [0.05, 0.1) is 11.6 Å². The van der Waals surface area contributed by atoms with Crippen molar-refractivity contribution in [1.82, 2.24) is 9.78 Å². The first-order valence-corrected chi connectivity index (χ1v) is 10.8. The number of nitrogens with zero attached hydrogens (tertiary/aromatic N) is 2. The molecule has 0 spiro atoms. The number of halogens is 2. The van der Waals surface area contributed by atoms with E-state index in [1.54, 1.807) is 22.9 Å². The van der Waals surface area contributed by atoms with Crippen LogP contribution in [0.25, 0.3) is 0 Å². The molecule has 0 fully saturated rings. The van der Waals surface area contributed by atoms with E-state index in [0.29, 0.717) is 40.3 Å². The lowest BCUT2D eigenvalue weighted by molar-refractivity contribution is 0.102. The monoisotopic (exact) mass is 465 g/mol. The first-order chi connectivity index (χ1) is 15.5. The molecule has 0 aliphatic rings. The molecule has 4 rings (SSSR count). The number of anilines is 1. The third-order valence-corrected chi connectivity index (χ3v) is 5.40. The van der Waals surface area contributed by atoms with Crippen LogP contribution < -0.4 is 10.1 Å². The third-order valence-electron chi connectivity index (χ3n) is 4.84. The lowest BCUT2D eigenvalue weighted by Gasteiger charge is -2.09. The van der Waals surface area contributed by atoms with Crippen LogP contribution in [-0.4, -0.2) is 15.7 Å². The van der Waals surface area contributed by atoms with Crippen molar-refractivity contribution >= 4 is 34.9 Å². The molecule has 7 heteroatoms. The quantitative estimate of drug-likeness (QED) is 0.344. The number of benzene rings is 3. The Morgan fingerprint density at radius 2 is 1.69 bits per heavy atom. The van der Waals surface area contributed by atoms with Gasteiger partial charge in [-0.1, -0.05) is 53.5 Å². The van der Waals surface area contributed by atoms with E-state index >= 15 is 0 Å². The molecular formula is C25H21Cl2N3O2. The average Bonchev–Trinajstić information content (AvgIpc) is 3.23. The SMILES string of the molecule is Cc1ccc(Cl)c(OCc2ccc(C(=O)Nc3ccn(Cc4ccc(Cl)cc4)n3)cc2)c1. The Kier molecular flexibility index (Phi) is 6.78. The maximum absolute atomic E-state index is 12.6. The number of aryl methyl sites for hydroxylation is 1. The molecule has 0 saturated heterocycles. The zero-order valence-electron chi connectivity index (χ0n) is 17.4. The summed E-state index contributed by atoms with van der Waals surface area (Å²) < 4.78 is 7.56. The molecule has 1 amide bonds. The number of hydrogen-bond donors (Lipinski definition) is 1. The topological polar surface area (TPSA) is 56.1 Å². The van der Waals surface area contributed by atoms with E-state index in [4.69, 9.17) is 27.9 Å². The van der Waals surface area contributed by atoms with E-state index in [-0.39, 0.29) is 5.91 Å². The smallest absolute Gasteiger partial charge is 0.256 e. The van der Waals surface area contributed by atoms with Gasteiger partial charge in [0.2, 0.25) is 0 Å². The van der Waals surface area contributed by atoms with Gasteiger partial charge in [-0.2, -0.15) is 5.10 Å². The second kappa shape index (κ2) is 9.90. The molecule has 5 nitrogen and oxygen atoms in total. The van der Waals surface area contributed by atoms with Crippen molar-refractivity contribution in [2.75, 3.05) is 5.32 Å². The van der Waals surface area contributed by atoms with Gasteiger partial charge in [-0.3, -0.25) is 9.48 Å². The van der Waals surface area contributed by atoms with Crippen LogP contribution in [0.2, 0.25) is 10.0 Å². The molecule has 0 aliphatic carbocycles. The number of carbonyl (C=O) groups is 1. The van der Waals surface area contributed by atoms with Crippen molar-refractivity contribution in [2.45, 2.75) is 20.1 Å². The maximum atomic E-state index is 12.6. The Hall–Kier alpha value is -3.28. The van der Waals surface area contributed by atoms with Gasteiger partial charge in [0, 0.05) is 22.8 Å². The van der Waals surface area contributed by atoms with Gasteiger partial charge in [0.15, 0.2) is 5.82 Å². The molecule has 3 aromatic carbocycles. The first-order valence-electron chi connectivity index (χ1n) is 10.0. The molecule has 0 radical (unpaired) electrons. The van der Waals surface area contributed by atoms with Crippen molar-refractivity contribution in [3.8, 4) is 5.75 Å². The minimum atomic E-state index is -0.226. The molecule has 162 valence electrons. The summed E-state index contributed by atoms with van der Waals surface area (Å²) in [7, 11) is 0. The number of amides is 1. The minimum absolute atomic E-state index is 0.226. The van der Waals surface area contributed by atoms with Crippen LogP contribution in [0, 0.1) is 6.92 Å². The highest BCUT2D eigenvalue weighted by molar-refractivity contribution is 6.32. The molecule has 32 heavy (non-hydrogen) atoms. The minimum Gasteiger partial charge on any atom is -0.487 e. The van der Waals surface area contributed by atoms with Crippen LogP contribution in [0.4, 0.5) is 5.82 Å². The molecule has 0 atom stereocenters. The fourth-order valence-electron chi connectivity index (χ4n) is 3.12. The number of rotatable bonds is 7. The van der Waals surface area contributed by atoms with Crippen molar-refractivity contribution in [2.24, 2.45) is 0 Å². The summed E-state index contributed by atoms with van der Waals surface area (Å²) in [6, 6.07) is 22.2. The molecule has 0 unspecified atom stereocenters. The van der Waals surface area contributed by atoms with Gasteiger partial charge in [-0.05, 0) is 60.0 Å². The predicted molar refractivity (Wildman–Crippen MR) is 128 cm³/mol. The summed E-state index contributed by atoms with van der Waals surface area (Å²) in [6.45, 7) is 2.93. The van der Waals surface area contributed by atoms with Crippen LogP contribution in [0.1, 0.15) is 27.0 Å². The van der Waals surface area contributed by atoms with Crippen molar-refractivity contribution < 1.29 is 9.53 Å². The van der Waals surface area contributed by atoms with E-state index in [9.17, 15) is 4.79 Å². The van der Waals surface area contributed by atoms with E-state index < -0.39 is 0 Å². The van der Waals surface area contributed by atoms with Gasteiger partial charge in [-0.15, -0.1) is 0 Å². The van der Waals surface area contributed by atoms with Gasteiger partial charge >= 0.3 is 0 Å². The number of aromatic nitrogens is 2. The molecule has 0 saturated carbocycles. The van der Waals surface area contributed by atoms with E-state index in [1.807, 2.05) is 67.7 Å². The van der Waals surface area contributed by atoms with E-state index in [2.05, 4.69) is 10.4 Å². The molecule has 0 bridgehead atoms. The normalized spacial score (nSPS) is 10.7. The Morgan fingerprint density at radius 3 is 2.44 bits per heavy atom. The summed E-state index contributed by atoms with van der Waals surface area (Å²) in [5, 5.41) is 8.50. The van der Waals surface area contributed by atoms with Gasteiger partial charge < -0.3 is 10.1 Å². The van der Waals surface area contributed by atoms with Crippen LogP contribution in [0.15, 0.2) is 79.0 Å². The Bertz CT molecular complexity index is 1220. The maximum Gasteiger partial charge on any atom is 0.256 e. The van der Waals surface area contributed by atoms with Gasteiger partial charge in [0.25, 0.3) is 5.91 Å². The first kappa shape index (κ1) is 21.9. The van der Waals surface area contributed by atoms with Crippen LogP contribution in [0.5, 0.6) is 5.75 Å². The van der Waals surface area contributed by atoms with Gasteiger partial charge in [0.1, 0.15) is 12.4 Å². The third kappa shape index (κ3) is 5.69. The second-order valence-corrected chi connectivity index (χ2v) is 8.24. The lowest BCUT2D eigenvalue weighted by Crippen LogP contribution is -2.13. The molecule has 0 aliphatic heterocycles. The summed E-state index contributed by atoms with van der Waals surface area (Å²) in [4.78, 5) is 12.6. The van der Waals surface area contributed by atoms with Crippen LogP contribution in [0.3, 0.4) is 0 Å². The zero-order valence-corrected chi connectivity index (χ0v) is 18.9. The average molecular weight is 466 g/mol. The van der Waals surface area contributed by atoms with Crippen molar-refractivity contribution in [1.29, 1.82) is 0 Å². The Morgan fingerprint density at radius 1 is 0.969 bits per heavy atom. The summed E-state index contributed by atoms with van der Waals surface area (Å²) >= 11 is 12.1. The molecular weight excluding hydrogens is 445 g/mol. The highest BCUT2D eigenvalue weighted by atomic mass is 35.5. The number of nitrogens with one attached hydrogen (secondary N) is 1. The molecule has 1 aromatic heterocycles. The highest BCUT2D eigenvalue weighted by Crippen LogP contribution is 2.26. The summed E-state index contributed by atoms with van der Waals surface area (Å²) in [5.74, 6) is 0.907. The highest BCUT2D eigenvalue weighted by Gasteiger charge is 2.09. The fraction of sp³-hybridized carbons (Fsp3) is 0.120. The fourth-order valence-corrected chi connectivity index (χ4v) is 3.41. The second-order valence-electron chi connectivity index (χ2n) is 7.40. The number of ether oxygens (including phenoxy) is 1. The lowest BCUT2D eigenvalue weighted by atomic mass is 10.1. The summed E-state index contributed by atoms with van der Waals surface area (Å²) in [6.07, 6.45) is 1.82. The Labute approximate surface area is 196 Å². The van der Waals surface area contributed by atoms with Crippen LogP contribution in [-0.2, 0) is 13.2 Å². The van der Waals surface area contributed by atoms with Crippen LogP contribution >= 0.6 is 23.2 Å².